The highest BCUT2D eigenvalue weighted by Crippen LogP contribution is 2.19. The summed E-state index contributed by atoms with van der Waals surface area (Å²) >= 11 is 1.77. The van der Waals surface area contributed by atoms with Crippen molar-refractivity contribution in [2.24, 2.45) is 7.05 Å². The lowest BCUT2D eigenvalue weighted by molar-refractivity contribution is 0.561. The SMILES string of the molecule is CSc1ccc(C(C)NCc2ccn(C)n2)cc1. The van der Waals surface area contributed by atoms with Gasteiger partial charge in [0.1, 0.15) is 0 Å². The van der Waals surface area contributed by atoms with Gasteiger partial charge >= 0.3 is 0 Å². The number of hydrogen-bond acceptors (Lipinski definition) is 3. The zero-order valence-corrected chi connectivity index (χ0v) is 11.9. The van der Waals surface area contributed by atoms with E-state index in [-0.39, 0.29) is 0 Å². The number of thioether (sulfide) groups is 1. The quantitative estimate of drug-likeness (QED) is 0.839. The molecule has 0 bridgehead atoms. The molecule has 18 heavy (non-hydrogen) atoms. The van der Waals surface area contributed by atoms with Crippen molar-refractivity contribution < 1.29 is 0 Å². The maximum absolute atomic E-state index is 4.35. The van der Waals surface area contributed by atoms with E-state index < -0.39 is 0 Å². The predicted octanol–water partition coefficient (Wildman–Crippen LogP) is 2.99. The summed E-state index contributed by atoms with van der Waals surface area (Å²) < 4.78 is 1.83. The molecule has 1 heterocycles. The van der Waals surface area contributed by atoms with E-state index in [4.69, 9.17) is 0 Å². The Bertz CT molecular complexity index is 490. The van der Waals surface area contributed by atoms with E-state index in [0.29, 0.717) is 6.04 Å². The minimum Gasteiger partial charge on any atom is -0.304 e. The fourth-order valence-corrected chi connectivity index (χ4v) is 2.23. The third kappa shape index (κ3) is 3.37. The van der Waals surface area contributed by atoms with E-state index in [2.05, 4.69) is 47.9 Å². The molecule has 1 aromatic carbocycles. The molecule has 0 aliphatic heterocycles. The molecule has 0 aliphatic carbocycles. The van der Waals surface area contributed by atoms with Crippen molar-refractivity contribution in [1.82, 2.24) is 15.1 Å². The number of nitrogens with zero attached hydrogens (tertiary/aromatic N) is 2. The van der Waals surface area contributed by atoms with Gasteiger partial charge in [0.2, 0.25) is 0 Å². The van der Waals surface area contributed by atoms with Crippen molar-refractivity contribution in [1.29, 1.82) is 0 Å². The molecule has 0 saturated heterocycles. The van der Waals surface area contributed by atoms with Gasteiger partial charge in [0.05, 0.1) is 5.69 Å². The highest BCUT2D eigenvalue weighted by atomic mass is 32.2. The molecule has 96 valence electrons. The molecule has 2 rings (SSSR count). The molecule has 1 aromatic heterocycles. The molecule has 0 aliphatic rings. The Morgan fingerprint density at radius 3 is 2.56 bits per heavy atom. The molecular formula is C14H19N3S. The summed E-state index contributed by atoms with van der Waals surface area (Å²) in [4.78, 5) is 1.30. The lowest BCUT2D eigenvalue weighted by Gasteiger charge is -2.13. The third-order valence-corrected chi connectivity index (χ3v) is 3.72. The summed E-state index contributed by atoms with van der Waals surface area (Å²) in [5.74, 6) is 0. The van der Waals surface area contributed by atoms with Crippen LogP contribution in [-0.2, 0) is 13.6 Å². The number of rotatable bonds is 5. The van der Waals surface area contributed by atoms with Crippen molar-refractivity contribution in [2.45, 2.75) is 24.4 Å². The average Bonchev–Trinajstić information content (AvgIpc) is 2.82. The molecule has 0 spiro atoms. The Labute approximate surface area is 113 Å². The maximum Gasteiger partial charge on any atom is 0.0762 e. The summed E-state index contributed by atoms with van der Waals surface area (Å²) in [6.45, 7) is 2.98. The largest absolute Gasteiger partial charge is 0.304 e. The van der Waals surface area contributed by atoms with Crippen LogP contribution in [-0.4, -0.2) is 16.0 Å². The van der Waals surface area contributed by atoms with Crippen molar-refractivity contribution in [3.63, 3.8) is 0 Å². The number of aromatic nitrogens is 2. The van der Waals surface area contributed by atoms with Crippen LogP contribution in [0.1, 0.15) is 24.2 Å². The van der Waals surface area contributed by atoms with Crippen LogP contribution in [0.3, 0.4) is 0 Å². The van der Waals surface area contributed by atoms with Gasteiger partial charge in [-0.05, 0) is 36.9 Å². The van der Waals surface area contributed by atoms with Crippen molar-refractivity contribution in [3.8, 4) is 0 Å². The summed E-state index contributed by atoms with van der Waals surface area (Å²) in [5, 5.41) is 7.84. The average molecular weight is 261 g/mol. The van der Waals surface area contributed by atoms with Crippen LogP contribution in [0.5, 0.6) is 0 Å². The Morgan fingerprint density at radius 2 is 2.00 bits per heavy atom. The number of nitrogens with one attached hydrogen (secondary N) is 1. The van der Waals surface area contributed by atoms with Crippen LogP contribution in [0.15, 0.2) is 41.4 Å². The van der Waals surface area contributed by atoms with Gasteiger partial charge in [0, 0.05) is 30.7 Å². The first-order valence-corrected chi connectivity index (χ1v) is 7.27. The van der Waals surface area contributed by atoms with Crippen LogP contribution >= 0.6 is 11.8 Å². The highest BCUT2D eigenvalue weighted by molar-refractivity contribution is 7.98. The van der Waals surface area contributed by atoms with Gasteiger partial charge in [-0.3, -0.25) is 4.68 Å². The van der Waals surface area contributed by atoms with E-state index in [1.54, 1.807) is 11.8 Å². The topological polar surface area (TPSA) is 29.9 Å². The first-order valence-electron chi connectivity index (χ1n) is 6.05. The molecule has 0 fully saturated rings. The van der Waals surface area contributed by atoms with Gasteiger partial charge in [0.25, 0.3) is 0 Å². The minimum absolute atomic E-state index is 0.336. The van der Waals surface area contributed by atoms with Crippen LogP contribution in [0.2, 0.25) is 0 Å². The van der Waals surface area contributed by atoms with Gasteiger partial charge in [-0.25, -0.2) is 0 Å². The predicted molar refractivity (Wildman–Crippen MR) is 76.7 cm³/mol. The number of hydrogen-bond donors (Lipinski definition) is 1. The summed E-state index contributed by atoms with van der Waals surface area (Å²) in [6, 6.07) is 11.1. The Balaban J connectivity index is 1.92. The van der Waals surface area contributed by atoms with E-state index >= 15 is 0 Å². The molecule has 3 nitrogen and oxygen atoms in total. The number of aryl methyl sites for hydroxylation is 1. The Hall–Kier alpha value is -1.26. The fourth-order valence-electron chi connectivity index (χ4n) is 1.83. The Kier molecular flexibility index (Phi) is 4.44. The van der Waals surface area contributed by atoms with Crippen molar-refractivity contribution in [3.05, 3.63) is 47.8 Å². The molecular weight excluding hydrogens is 242 g/mol. The minimum atomic E-state index is 0.336. The second-order valence-corrected chi connectivity index (χ2v) is 5.24. The zero-order chi connectivity index (χ0) is 13.0. The third-order valence-electron chi connectivity index (χ3n) is 2.97. The second kappa shape index (κ2) is 6.07. The summed E-state index contributed by atoms with van der Waals surface area (Å²) in [7, 11) is 1.94. The smallest absolute Gasteiger partial charge is 0.0762 e. The molecule has 1 atom stereocenters. The number of benzene rings is 1. The monoisotopic (exact) mass is 261 g/mol. The normalized spacial score (nSPS) is 12.6. The van der Waals surface area contributed by atoms with Gasteiger partial charge < -0.3 is 5.32 Å². The lowest BCUT2D eigenvalue weighted by Crippen LogP contribution is -2.18. The van der Waals surface area contributed by atoms with Crippen LogP contribution in [0.25, 0.3) is 0 Å². The van der Waals surface area contributed by atoms with Crippen LogP contribution < -0.4 is 5.32 Å². The Morgan fingerprint density at radius 1 is 1.28 bits per heavy atom. The second-order valence-electron chi connectivity index (χ2n) is 4.36. The zero-order valence-electron chi connectivity index (χ0n) is 11.1. The van der Waals surface area contributed by atoms with E-state index in [1.165, 1.54) is 10.5 Å². The van der Waals surface area contributed by atoms with Crippen molar-refractivity contribution >= 4 is 11.8 Å². The van der Waals surface area contributed by atoms with E-state index in [1.807, 2.05) is 24.0 Å². The first kappa shape index (κ1) is 13.2. The molecule has 1 unspecified atom stereocenters. The summed E-state index contributed by atoms with van der Waals surface area (Å²) in [5.41, 5.74) is 2.38. The fraction of sp³-hybridized carbons (Fsp3) is 0.357. The highest BCUT2D eigenvalue weighted by Gasteiger charge is 2.05. The maximum atomic E-state index is 4.35. The molecule has 0 saturated carbocycles. The lowest BCUT2D eigenvalue weighted by atomic mass is 10.1. The molecule has 4 heteroatoms. The molecule has 0 amide bonds. The van der Waals surface area contributed by atoms with Crippen LogP contribution in [0, 0.1) is 0 Å². The van der Waals surface area contributed by atoms with Crippen LogP contribution in [0.4, 0.5) is 0 Å². The molecule has 0 radical (unpaired) electrons. The van der Waals surface area contributed by atoms with Gasteiger partial charge in [-0.2, -0.15) is 5.10 Å². The summed E-state index contributed by atoms with van der Waals surface area (Å²) in [6.07, 6.45) is 4.06. The first-order chi connectivity index (χ1) is 8.69. The molecule has 2 aromatic rings. The standard InChI is InChI=1S/C14H19N3S/c1-11(12-4-6-14(18-3)7-5-12)15-10-13-8-9-17(2)16-13/h4-9,11,15H,10H2,1-3H3. The van der Waals surface area contributed by atoms with Crippen molar-refractivity contribution in [2.75, 3.05) is 6.26 Å². The van der Waals surface area contributed by atoms with E-state index in [9.17, 15) is 0 Å². The molecule has 1 N–H and O–H groups in total. The van der Waals surface area contributed by atoms with Gasteiger partial charge in [-0.1, -0.05) is 12.1 Å². The van der Waals surface area contributed by atoms with Gasteiger partial charge in [-0.15, -0.1) is 11.8 Å². The van der Waals surface area contributed by atoms with Gasteiger partial charge in [0.15, 0.2) is 0 Å². The van der Waals surface area contributed by atoms with E-state index in [0.717, 1.165) is 12.2 Å².